The van der Waals surface area contributed by atoms with Gasteiger partial charge in [0.25, 0.3) is 0 Å². The van der Waals surface area contributed by atoms with Gasteiger partial charge in [0.15, 0.2) is 0 Å². The number of hydrogen-bond donors (Lipinski definition) is 2. The maximum atomic E-state index is 11.4. The zero-order chi connectivity index (χ0) is 10.4. The van der Waals surface area contributed by atoms with Crippen LogP contribution in [0.4, 0.5) is 4.53 Å². The predicted molar refractivity (Wildman–Crippen MR) is 45.5 cm³/mol. The average molecular weight is 202 g/mol. The average Bonchev–Trinajstić information content (AvgIpc) is 2.19. The molecular formula is C9H11FO4. The van der Waals surface area contributed by atoms with Gasteiger partial charge in [0.05, 0.1) is 6.61 Å². The summed E-state index contributed by atoms with van der Waals surface area (Å²) in [6, 6.07) is 9.07. The second kappa shape index (κ2) is 5.02. The first-order chi connectivity index (χ1) is 6.64. The zero-order valence-corrected chi connectivity index (χ0v) is 7.39. The van der Waals surface area contributed by atoms with Crippen molar-refractivity contribution < 1.29 is 24.4 Å². The Bertz CT molecular complexity index is 263. The summed E-state index contributed by atoms with van der Waals surface area (Å²) in [5, 5.41) is 17.3. The molecule has 78 valence electrons. The Morgan fingerprint density at radius 2 is 1.86 bits per heavy atom. The van der Waals surface area contributed by atoms with Crippen molar-refractivity contribution in [1.29, 1.82) is 0 Å². The minimum absolute atomic E-state index is 0.160. The lowest BCUT2D eigenvalue weighted by molar-refractivity contribution is -0.434. The quantitative estimate of drug-likeness (QED) is 0.691. The Morgan fingerprint density at radius 1 is 1.21 bits per heavy atom. The Kier molecular flexibility index (Phi) is 3.97. The molecule has 0 atom stereocenters. The van der Waals surface area contributed by atoms with Crippen LogP contribution in [0.5, 0.6) is 0 Å². The first-order valence-electron chi connectivity index (χ1n) is 4.00. The van der Waals surface area contributed by atoms with Gasteiger partial charge in [-0.2, -0.15) is 0 Å². The van der Waals surface area contributed by atoms with Crippen molar-refractivity contribution in [2.24, 2.45) is 0 Å². The molecule has 0 heterocycles. The molecule has 2 N–H and O–H groups in total. The summed E-state index contributed by atoms with van der Waals surface area (Å²) < 4.78 is 16.2. The van der Waals surface area contributed by atoms with Crippen LogP contribution in [-0.4, -0.2) is 22.8 Å². The van der Waals surface area contributed by atoms with Gasteiger partial charge in [0.1, 0.15) is 6.61 Å². The van der Waals surface area contributed by atoms with E-state index in [0.29, 0.717) is 0 Å². The van der Waals surface area contributed by atoms with E-state index >= 15 is 0 Å². The molecule has 0 aliphatic rings. The van der Waals surface area contributed by atoms with E-state index in [0.717, 1.165) is 5.56 Å². The van der Waals surface area contributed by atoms with Crippen molar-refractivity contribution in [2.45, 2.75) is 12.6 Å². The van der Waals surface area contributed by atoms with E-state index in [-0.39, 0.29) is 6.61 Å². The van der Waals surface area contributed by atoms with Crippen LogP contribution in [0.15, 0.2) is 30.3 Å². The van der Waals surface area contributed by atoms with Crippen molar-refractivity contribution in [3.8, 4) is 0 Å². The first-order valence-corrected chi connectivity index (χ1v) is 4.00. The largest absolute Gasteiger partial charge is 0.368 e. The van der Waals surface area contributed by atoms with Gasteiger partial charge < -0.3 is 14.9 Å². The van der Waals surface area contributed by atoms with Gasteiger partial charge in [-0.15, -0.1) is 4.94 Å². The maximum absolute atomic E-state index is 11.4. The SMILES string of the molecule is OC(O)(COCc1ccccc1)OF. The summed E-state index contributed by atoms with van der Waals surface area (Å²) in [7, 11) is 0. The van der Waals surface area contributed by atoms with E-state index in [1.807, 2.05) is 18.2 Å². The number of ether oxygens (including phenoxy) is 1. The molecule has 0 amide bonds. The number of aliphatic hydroxyl groups is 2. The molecule has 1 rings (SSSR count). The molecule has 0 radical (unpaired) electrons. The van der Waals surface area contributed by atoms with Crippen LogP contribution in [-0.2, 0) is 16.3 Å². The second-order valence-corrected chi connectivity index (χ2v) is 2.80. The van der Waals surface area contributed by atoms with Crippen molar-refractivity contribution in [3.63, 3.8) is 0 Å². The predicted octanol–water partition coefficient (Wildman–Crippen LogP) is 0.743. The van der Waals surface area contributed by atoms with Crippen LogP contribution >= 0.6 is 0 Å². The van der Waals surface area contributed by atoms with Crippen LogP contribution in [0.25, 0.3) is 0 Å². The lowest BCUT2D eigenvalue weighted by atomic mass is 10.2. The number of halogens is 1. The molecule has 5 heteroatoms. The van der Waals surface area contributed by atoms with Crippen LogP contribution < -0.4 is 0 Å². The Balaban J connectivity index is 2.29. The normalized spacial score (nSPS) is 11.6. The molecule has 0 bridgehead atoms. The van der Waals surface area contributed by atoms with Gasteiger partial charge in [-0.25, -0.2) is 0 Å². The Hall–Kier alpha value is -1.01. The van der Waals surface area contributed by atoms with Gasteiger partial charge in [-0.1, -0.05) is 30.3 Å². The lowest BCUT2D eigenvalue weighted by Gasteiger charge is -2.15. The molecule has 1 aromatic carbocycles. The van der Waals surface area contributed by atoms with Gasteiger partial charge in [-0.05, 0) is 10.1 Å². The molecule has 0 saturated carbocycles. The number of hydrogen-bond acceptors (Lipinski definition) is 4. The molecule has 0 fully saturated rings. The van der Waals surface area contributed by atoms with Crippen molar-refractivity contribution in [1.82, 2.24) is 0 Å². The number of rotatable bonds is 5. The third kappa shape index (κ3) is 3.80. The first kappa shape index (κ1) is 11.1. The summed E-state index contributed by atoms with van der Waals surface area (Å²) in [5.74, 6) is -2.87. The topological polar surface area (TPSA) is 58.9 Å². The monoisotopic (exact) mass is 202 g/mol. The summed E-state index contributed by atoms with van der Waals surface area (Å²) in [5.41, 5.74) is 0.849. The van der Waals surface area contributed by atoms with Crippen molar-refractivity contribution >= 4 is 0 Å². The number of benzene rings is 1. The van der Waals surface area contributed by atoms with E-state index in [2.05, 4.69) is 4.94 Å². The smallest absolute Gasteiger partial charge is 0.336 e. The Morgan fingerprint density at radius 3 is 2.43 bits per heavy atom. The third-order valence-electron chi connectivity index (χ3n) is 1.53. The van der Waals surface area contributed by atoms with Gasteiger partial charge in [-0.3, -0.25) is 0 Å². The maximum Gasteiger partial charge on any atom is 0.336 e. The third-order valence-corrected chi connectivity index (χ3v) is 1.53. The molecule has 4 nitrogen and oxygen atoms in total. The fraction of sp³-hybridized carbons (Fsp3) is 0.333. The van der Waals surface area contributed by atoms with Crippen LogP contribution in [0.1, 0.15) is 5.56 Å². The molecule has 0 saturated heterocycles. The highest BCUT2D eigenvalue weighted by Gasteiger charge is 2.25. The molecule has 14 heavy (non-hydrogen) atoms. The van der Waals surface area contributed by atoms with Gasteiger partial charge >= 0.3 is 5.97 Å². The van der Waals surface area contributed by atoms with Crippen LogP contribution in [0.2, 0.25) is 0 Å². The fourth-order valence-corrected chi connectivity index (χ4v) is 0.898. The van der Waals surface area contributed by atoms with E-state index in [9.17, 15) is 4.53 Å². The second-order valence-electron chi connectivity index (χ2n) is 2.80. The molecule has 0 aliphatic carbocycles. The molecule has 0 aromatic heterocycles. The van der Waals surface area contributed by atoms with Crippen molar-refractivity contribution in [2.75, 3.05) is 6.61 Å². The van der Waals surface area contributed by atoms with Gasteiger partial charge in [0, 0.05) is 0 Å². The molecule has 0 unspecified atom stereocenters. The van der Waals surface area contributed by atoms with Crippen LogP contribution in [0, 0.1) is 0 Å². The zero-order valence-electron chi connectivity index (χ0n) is 7.39. The summed E-state index contributed by atoms with van der Waals surface area (Å²) >= 11 is 0. The minimum Gasteiger partial charge on any atom is -0.368 e. The van der Waals surface area contributed by atoms with Crippen molar-refractivity contribution in [3.05, 3.63) is 35.9 Å². The highest BCUT2D eigenvalue weighted by atomic mass is 19.3. The van der Waals surface area contributed by atoms with Crippen LogP contribution in [0.3, 0.4) is 0 Å². The van der Waals surface area contributed by atoms with E-state index in [4.69, 9.17) is 14.9 Å². The minimum atomic E-state index is -2.87. The summed E-state index contributed by atoms with van der Waals surface area (Å²) in [4.78, 5) is 2.86. The van der Waals surface area contributed by atoms with E-state index < -0.39 is 12.6 Å². The lowest BCUT2D eigenvalue weighted by Crippen LogP contribution is -2.34. The Labute approximate surface area is 80.4 Å². The highest BCUT2D eigenvalue weighted by molar-refractivity contribution is 5.13. The molecule has 0 aliphatic heterocycles. The standard InChI is InChI=1S/C9H11FO4/c10-14-9(11,12)7-13-6-8-4-2-1-3-5-8/h1-5,11-12H,6-7H2. The fourth-order valence-electron chi connectivity index (χ4n) is 0.898. The molecular weight excluding hydrogens is 191 g/mol. The van der Waals surface area contributed by atoms with E-state index in [1.54, 1.807) is 12.1 Å². The highest BCUT2D eigenvalue weighted by Crippen LogP contribution is 2.06. The molecule has 1 aromatic rings. The van der Waals surface area contributed by atoms with E-state index in [1.165, 1.54) is 0 Å². The summed E-state index contributed by atoms with van der Waals surface area (Å²) in [6.07, 6.45) is 0. The van der Waals surface area contributed by atoms with Gasteiger partial charge in [0.2, 0.25) is 0 Å². The molecule has 0 spiro atoms. The summed E-state index contributed by atoms with van der Waals surface area (Å²) in [6.45, 7) is -0.495.